The van der Waals surface area contributed by atoms with Gasteiger partial charge in [0.1, 0.15) is 5.54 Å². The van der Waals surface area contributed by atoms with E-state index in [2.05, 4.69) is 59.3 Å². The van der Waals surface area contributed by atoms with Crippen LogP contribution in [0.15, 0.2) is 48.5 Å². The molecule has 2 aromatic carbocycles. The van der Waals surface area contributed by atoms with Crippen LogP contribution in [0.2, 0.25) is 0 Å². The Bertz CT molecular complexity index is 957. The minimum absolute atomic E-state index is 0.277. The number of aromatic nitrogens is 1. The number of nitrogens with zero attached hydrogens (tertiary/aromatic N) is 1. The Morgan fingerprint density at radius 2 is 1.92 bits per heavy atom. The molecule has 2 aliphatic heterocycles. The maximum absolute atomic E-state index is 12.6. The maximum atomic E-state index is 12.6. The van der Waals surface area contributed by atoms with E-state index in [4.69, 9.17) is 0 Å². The molecule has 0 spiro atoms. The van der Waals surface area contributed by atoms with E-state index < -0.39 is 0 Å². The van der Waals surface area contributed by atoms with Crippen LogP contribution < -0.4 is 0 Å². The number of rotatable bonds is 1. The van der Waals surface area contributed by atoms with Crippen molar-refractivity contribution in [2.45, 2.75) is 31.7 Å². The van der Waals surface area contributed by atoms with Gasteiger partial charge in [-0.15, -0.1) is 0 Å². The molecule has 1 atom stereocenters. The van der Waals surface area contributed by atoms with Crippen LogP contribution in [0.1, 0.15) is 35.2 Å². The van der Waals surface area contributed by atoms with Crippen molar-refractivity contribution >= 4 is 16.8 Å². The smallest absolute Gasteiger partial charge is 0.223 e. The number of fused-ring (bicyclic) bond motifs is 5. The molecule has 0 bridgehead atoms. The minimum atomic E-state index is -0.321. The zero-order chi connectivity index (χ0) is 16.3. The summed E-state index contributed by atoms with van der Waals surface area (Å²) in [7, 11) is 0. The van der Waals surface area contributed by atoms with Gasteiger partial charge in [-0.1, -0.05) is 42.0 Å². The average Bonchev–Trinajstić information content (AvgIpc) is 3.15. The molecule has 3 heterocycles. The van der Waals surface area contributed by atoms with Gasteiger partial charge in [0.05, 0.1) is 5.69 Å². The molecule has 1 aromatic heterocycles. The zero-order valence-electron chi connectivity index (χ0n) is 13.8. The van der Waals surface area contributed by atoms with Gasteiger partial charge in [0.25, 0.3) is 0 Å². The summed E-state index contributed by atoms with van der Waals surface area (Å²) in [4.78, 5) is 18.4. The van der Waals surface area contributed by atoms with Crippen LogP contribution in [0, 0.1) is 6.92 Å². The monoisotopic (exact) mass is 316 g/mol. The fourth-order valence-electron chi connectivity index (χ4n) is 4.70. The van der Waals surface area contributed by atoms with Gasteiger partial charge in [0.2, 0.25) is 5.91 Å². The standard InChI is InChI=1S/C21H20N2O/c1-14-7-8-18-17(13-14)16-10-12-23-19(24)9-11-21(23,20(16)22-18)15-5-3-2-4-6-15/h2-8,13,22H,9-12H2,1H3/t21-/m0/s1. The molecule has 1 saturated heterocycles. The highest BCUT2D eigenvalue weighted by Crippen LogP contribution is 2.49. The molecule has 3 nitrogen and oxygen atoms in total. The van der Waals surface area contributed by atoms with E-state index >= 15 is 0 Å². The molecule has 0 aliphatic carbocycles. The van der Waals surface area contributed by atoms with E-state index in [9.17, 15) is 4.79 Å². The lowest BCUT2D eigenvalue weighted by molar-refractivity contribution is -0.131. The van der Waals surface area contributed by atoms with E-state index in [0.29, 0.717) is 6.42 Å². The Morgan fingerprint density at radius 3 is 2.75 bits per heavy atom. The molecule has 5 rings (SSSR count). The number of hydrogen-bond donors (Lipinski definition) is 1. The van der Waals surface area contributed by atoms with E-state index in [1.165, 1.54) is 33.3 Å². The van der Waals surface area contributed by atoms with Gasteiger partial charge in [0.15, 0.2) is 0 Å². The van der Waals surface area contributed by atoms with Crippen LogP contribution in [0.4, 0.5) is 0 Å². The summed E-state index contributed by atoms with van der Waals surface area (Å²) < 4.78 is 0. The number of carbonyl (C=O) groups is 1. The van der Waals surface area contributed by atoms with E-state index in [1.54, 1.807) is 0 Å². The highest BCUT2D eigenvalue weighted by atomic mass is 16.2. The lowest BCUT2D eigenvalue weighted by Gasteiger charge is -2.42. The highest BCUT2D eigenvalue weighted by Gasteiger charge is 2.52. The van der Waals surface area contributed by atoms with Gasteiger partial charge < -0.3 is 9.88 Å². The van der Waals surface area contributed by atoms with Crippen molar-refractivity contribution in [2.24, 2.45) is 0 Å². The molecule has 1 fully saturated rings. The predicted octanol–water partition coefficient (Wildman–Crippen LogP) is 3.90. The second-order valence-electron chi connectivity index (χ2n) is 7.05. The van der Waals surface area contributed by atoms with Crippen LogP contribution in [-0.2, 0) is 16.8 Å². The van der Waals surface area contributed by atoms with Crippen molar-refractivity contribution in [3.8, 4) is 0 Å². The number of aryl methyl sites for hydroxylation is 1. The molecule has 3 aromatic rings. The average molecular weight is 316 g/mol. The topological polar surface area (TPSA) is 36.1 Å². The third-order valence-electron chi connectivity index (χ3n) is 5.77. The minimum Gasteiger partial charge on any atom is -0.356 e. The first-order valence-electron chi connectivity index (χ1n) is 8.68. The molecule has 24 heavy (non-hydrogen) atoms. The van der Waals surface area contributed by atoms with Gasteiger partial charge >= 0.3 is 0 Å². The normalized spacial score (nSPS) is 22.7. The van der Waals surface area contributed by atoms with Crippen molar-refractivity contribution < 1.29 is 4.79 Å². The Labute approximate surface area is 141 Å². The van der Waals surface area contributed by atoms with Gasteiger partial charge in [-0.3, -0.25) is 4.79 Å². The second-order valence-corrected chi connectivity index (χ2v) is 7.05. The Morgan fingerprint density at radius 1 is 1.08 bits per heavy atom. The lowest BCUT2D eigenvalue weighted by Crippen LogP contribution is -2.48. The molecule has 120 valence electrons. The summed E-state index contributed by atoms with van der Waals surface area (Å²) >= 11 is 0. The highest BCUT2D eigenvalue weighted by molar-refractivity contribution is 5.89. The summed E-state index contributed by atoms with van der Waals surface area (Å²) in [5, 5.41) is 1.32. The van der Waals surface area contributed by atoms with Crippen LogP contribution in [-0.4, -0.2) is 22.3 Å². The quantitative estimate of drug-likeness (QED) is 0.726. The first-order chi connectivity index (χ1) is 11.7. The van der Waals surface area contributed by atoms with Crippen molar-refractivity contribution in [3.63, 3.8) is 0 Å². The van der Waals surface area contributed by atoms with Crippen LogP contribution in [0.25, 0.3) is 10.9 Å². The van der Waals surface area contributed by atoms with Crippen LogP contribution in [0.3, 0.4) is 0 Å². The Hall–Kier alpha value is -2.55. The van der Waals surface area contributed by atoms with Crippen molar-refractivity contribution in [1.29, 1.82) is 0 Å². The molecular weight excluding hydrogens is 296 g/mol. The summed E-state index contributed by atoms with van der Waals surface area (Å²) in [5.41, 5.74) is 5.99. The fourth-order valence-corrected chi connectivity index (χ4v) is 4.70. The molecule has 1 N–H and O–H groups in total. The zero-order valence-corrected chi connectivity index (χ0v) is 13.8. The van der Waals surface area contributed by atoms with Gasteiger partial charge in [0, 0.05) is 23.9 Å². The second kappa shape index (κ2) is 4.73. The third-order valence-corrected chi connectivity index (χ3v) is 5.77. The van der Waals surface area contributed by atoms with E-state index in [1.807, 2.05) is 6.07 Å². The molecule has 1 amide bonds. The number of aromatic amines is 1. The number of H-pyrrole nitrogens is 1. The van der Waals surface area contributed by atoms with Gasteiger partial charge in [-0.25, -0.2) is 0 Å². The summed E-state index contributed by atoms with van der Waals surface area (Å²) in [6, 6.07) is 17.1. The largest absolute Gasteiger partial charge is 0.356 e. The lowest BCUT2D eigenvalue weighted by atomic mass is 9.79. The molecule has 0 saturated carbocycles. The first kappa shape index (κ1) is 13.8. The number of benzene rings is 2. The molecule has 0 unspecified atom stereocenters. The molecular formula is C21H20N2O. The fraction of sp³-hybridized carbons (Fsp3) is 0.286. The van der Waals surface area contributed by atoms with Gasteiger partial charge in [-0.05, 0) is 43.0 Å². The molecule has 3 heteroatoms. The summed E-state index contributed by atoms with van der Waals surface area (Å²) in [6.07, 6.45) is 2.41. The number of carbonyl (C=O) groups excluding carboxylic acids is 1. The van der Waals surface area contributed by atoms with Crippen molar-refractivity contribution in [1.82, 2.24) is 9.88 Å². The van der Waals surface area contributed by atoms with E-state index in [-0.39, 0.29) is 11.4 Å². The van der Waals surface area contributed by atoms with Crippen molar-refractivity contribution in [2.75, 3.05) is 6.54 Å². The Balaban J connectivity index is 1.84. The maximum Gasteiger partial charge on any atom is 0.223 e. The van der Waals surface area contributed by atoms with Crippen LogP contribution in [0.5, 0.6) is 0 Å². The number of amides is 1. The Kier molecular flexibility index (Phi) is 2.73. The first-order valence-corrected chi connectivity index (χ1v) is 8.68. The van der Waals surface area contributed by atoms with Crippen molar-refractivity contribution in [3.05, 3.63) is 70.9 Å². The number of nitrogens with one attached hydrogen (secondary N) is 1. The van der Waals surface area contributed by atoms with E-state index in [0.717, 1.165) is 19.4 Å². The predicted molar refractivity (Wildman–Crippen MR) is 94.9 cm³/mol. The van der Waals surface area contributed by atoms with Crippen LogP contribution >= 0.6 is 0 Å². The summed E-state index contributed by atoms with van der Waals surface area (Å²) in [6.45, 7) is 2.95. The number of hydrogen-bond acceptors (Lipinski definition) is 1. The third kappa shape index (κ3) is 1.64. The van der Waals surface area contributed by atoms with Gasteiger partial charge in [-0.2, -0.15) is 0 Å². The molecule has 0 radical (unpaired) electrons. The SMILES string of the molecule is Cc1ccc2[nH]c3c(c2c1)CCN1C(=O)CC[C@]31c1ccccc1. The molecule has 2 aliphatic rings. The summed E-state index contributed by atoms with van der Waals surface area (Å²) in [5.74, 6) is 0.277.